The second-order valence-electron chi connectivity index (χ2n) is 2.99. The Balaban J connectivity index is 2.33. The van der Waals surface area contributed by atoms with Crippen LogP contribution in [-0.2, 0) is 13.6 Å². The Kier molecular flexibility index (Phi) is 2.24. The second kappa shape index (κ2) is 3.55. The fourth-order valence-electron chi connectivity index (χ4n) is 1.13. The van der Waals surface area contributed by atoms with Crippen LogP contribution >= 0.6 is 0 Å². The van der Waals surface area contributed by atoms with Gasteiger partial charge in [-0.3, -0.25) is 4.68 Å². The van der Waals surface area contributed by atoms with E-state index in [0.29, 0.717) is 12.4 Å². The van der Waals surface area contributed by atoms with Crippen LogP contribution in [0.4, 0.5) is 0 Å². The van der Waals surface area contributed by atoms with Gasteiger partial charge in [0.25, 0.3) is 0 Å². The second-order valence-corrected chi connectivity index (χ2v) is 2.99. The average molecular weight is 189 g/mol. The zero-order chi connectivity index (χ0) is 9.97. The van der Waals surface area contributed by atoms with Crippen molar-refractivity contribution in [3.05, 3.63) is 30.2 Å². The third-order valence-corrected chi connectivity index (χ3v) is 1.88. The van der Waals surface area contributed by atoms with E-state index in [2.05, 4.69) is 15.1 Å². The van der Waals surface area contributed by atoms with Crippen LogP contribution in [0.15, 0.2) is 24.7 Å². The van der Waals surface area contributed by atoms with Crippen LogP contribution in [0, 0.1) is 0 Å². The zero-order valence-corrected chi connectivity index (χ0v) is 7.88. The van der Waals surface area contributed by atoms with Gasteiger partial charge in [-0.1, -0.05) is 0 Å². The lowest BCUT2D eigenvalue weighted by molar-refractivity contribution is 0.768. The van der Waals surface area contributed by atoms with Crippen molar-refractivity contribution in [2.75, 3.05) is 0 Å². The van der Waals surface area contributed by atoms with E-state index in [9.17, 15) is 0 Å². The Labute approximate surface area is 81.6 Å². The van der Waals surface area contributed by atoms with Crippen LogP contribution in [0.3, 0.4) is 0 Å². The molecule has 0 radical (unpaired) electrons. The van der Waals surface area contributed by atoms with Crippen molar-refractivity contribution in [1.29, 1.82) is 0 Å². The first-order valence-electron chi connectivity index (χ1n) is 4.30. The molecule has 2 aromatic rings. The number of aromatic nitrogens is 4. The Bertz CT molecular complexity index is 417. The van der Waals surface area contributed by atoms with Gasteiger partial charge in [-0.05, 0) is 6.07 Å². The van der Waals surface area contributed by atoms with Gasteiger partial charge in [0.05, 0.1) is 0 Å². The third kappa shape index (κ3) is 1.62. The summed E-state index contributed by atoms with van der Waals surface area (Å²) in [4.78, 5) is 8.33. The molecule has 0 spiro atoms. The van der Waals surface area contributed by atoms with Crippen LogP contribution in [0.1, 0.15) is 5.56 Å². The first-order valence-corrected chi connectivity index (χ1v) is 4.30. The molecule has 0 saturated carbocycles. The van der Waals surface area contributed by atoms with E-state index in [1.54, 1.807) is 17.1 Å². The Morgan fingerprint density at radius 1 is 1.36 bits per heavy atom. The summed E-state index contributed by atoms with van der Waals surface area (Å²) in [6.45, 7) is 0.461. The smallest absolute Gasteiger partial charge is 0.180 e. The molecule has 0 atom stereocenters. The lowest BCUT2D eigenvalue weighted by atomic mass is 10.3. The molecule has 5 nitrogen and oxygen atoms in total. The van der Waals surface area contributed by atoms with E-state index < -0.39 is 0 Å². The summed E-state index contributed by atoms with van der Waals surface area (Å²) in [6.07, 6.45) is 5.30. The van der Waals surface area contributed by atoms with E-state index in [1.807, 2.05) is 19.3 Å². The molecule has 0 aliphatic rings. The third-order valence-electron chi connectivity index (χ3n) is 1.88. The number of rotatable bonds is 2. The molecule has 2 N–H and O–H groups in total. The van der Waals surface area contributed by atoms with Crippen LogP contribution in [-0.4, -0.2) is 19.7 Å². The SMILES string of the molecule is Cn1ccc(-c2ncc(CN)cn2)n1. The van der Waals surface area contributed by atoms with Crippen molar-refractivity contribution >= 4 is 0 Å². The molecule has 72 valence electrons. The van der Waals surface area contributed by atoms with Gasteiger partial charge in [-0.25, -0.2) is 9.97 Å². The number of nitrogens with two attached hydrogens (primary N) is 1. The van der Waals surface area contributed by atoms with Gasteiger partial charge in [0.15, 0.2) is 5.82 Å². The van der Waals surface area contributed by atoms with E-state index in [0.717, 1.165) is 11.3 Å². The molecule has 0 fully saturated rings. The molecule has 2 aromatic heterocycles. The highest BCUT2D eigenvalue weighted by molar-refractivity contribution is 5.47. The highest BCUT2D eigenvalue weighted by Crippen LogP contribution is 2.10. The fraction of sp³-hybridized carbons (Fsp3) is 0.222. The lowest BCUT2D eigenvalue weighted by Gasteiger charge is -1.96. The maximum absolute atomic E-state index is 5.44. The summed E-state index contributed by atoms with van der Waals surface area (Å²) < 4.78 is 1.72. The molecule has 2 heterocycles. The molecule has 0 unspecified atom stereocenters. The molecule has 0 aliphatic heterocycles. The summed E-state index contributed by atoms with van der Waals surface area (Å²) >= 11 is 0. The van der Waals surface area contributed by atoms with Gasteiger partial charge in [0.2, 0.25) is 0 Å². The van der Waals surface area contributed by atoms with E-state index in [1.165, 1.54) is 0 Å². The van der Waals surface area contributed by atoms with Gasteiger partial charge in [0.1, 0.15) is 5.69 Å². The van der Waals surface area contributed by atoms with Crippen molar-refractivity contribution in [3.63, 3.8) is 0 Å². The summed E-state index contributed by atoms with van der Waals surface area (Å²) in [6, 6.07) is 1.87. The first kappa shape index (κ1) is 8.83. The molecule has 14 heavy (non-hydrogen) atoms. The summed E-state index contributed by atoms with van der Waals surface area (Å²) in [5.74, 6) is 0.628. The topological polar surface area (TPSA) is 69.6 Å². The minimum absolute atomic E-state index is 0.461. The molecule has 0 bridgehead atoms. The van der Waals surface area contributed by atoms with Crippen molar-refractivity contribution in [2.24, 2.45) is 12.8 Å². The van der Waals surface area contributed by atoms with Crippen molar-refractivity contribution in [2.45, 2.75) is 6.54 Å². The minimum Gasteiger partial charge on any atom is -0.326 e. The van der Waals surface area contributed by atoms with Crippen molar-refractivity contribution in [1.82, 2.24) is 19.7 Å². The van der Waals surface area contributed by atoms with Crippen LogP contribution in [0.25, 0.3) is 11.5 Å². The number of aryl methyl sites for hydroxylation is 1. The minimum atomic E-state index is 0.461. The van der Waals surface area contributed by atoms with E-state index in [4.69, 9.17) is 5.73 Å². The largest absolute Gasteiger partial charge is 0.326 e. The average Bonchev–Trinajstić information content (AvgIpc) is 2.65. The quantitative estimate of drug-likeness (QED) is 0.739. The van der Waals surface area contributed by atoms with Gasteiger partial charge in [0, 0.05) is 37.7 Å². The van der Waals surface area contributed by atoms with Crippen LogP contribution in [0.5, 0.6) is 0 Å². The predicted octanol–water partition coefficient (Wildman–Crippen LogP) is 0.336. The zero-order valence-electron chi connectivity index (χ0n) is 7.88. The molecule has 0 amide bonds. The van der Waals surface area contributed by atoms with Gasteiger partial charge in [-0.15, -0.1) is 0 Å². The highest BCUT2D eigenvalue weighted by atomic mass is 15.3. The molecule has 0 aliphatic carbocycles. The Hall–Kier alpha value is -1.75. The molecule has 5 heteroatoms. The predicted molar refractivity (Wildman–Crippen MR) is 52.1 cm³/mol. The highest BCUT2D eigenvalue weighted by Gasteiger charge is 2.03. The molecule has 0 aromatic carbocycles. The van der Waals surface area contributed by atoms with Gasteiger partial charge >= 0.3 is 0 Å². The Morgan fingerprint density at radius 2 is 2.07 bits per heavy atom. The van der Waals surface area contributed by atoms with Crippen molar-refractivity contribution < 1.29 is 0 Å². The monoisotopic (exact) mass is 189 g/mol. The number of hydrogen-bond acceptors (Lipinski definition) is 4. The molecular formula is C9H11N5. The molecule has 2 rings (SSSR count). The Morgan fingerprint density at radius 3 is 2.57 bits per heavy atom. The van der Waals surface area contributed by atoms with Crippen LogP contribution in [0.2, 0.25) is 0 Å². The standard InChI is InChI=1S/C9H11N5/c1-14-3-2-8(13-14)9-11-5-7(4-10)6-12-9/h2-3,5-6H,4,10H2,1H3. The van der Waals surface area contributed by atoms with Crippen LogP contribution < -0.4 is 5.73 Å². The normalized spacial score (nSPS) is 10.4. The summed E-state index contributed by atoms with van der Waals surface area (Å²) in [5, 5.41) is 4.20. The number of hydrogen-bond donors (Lipinski definition) is 1. The molecular weight excluding hydrogens is 178 g/mol. The fourth-order valence-corrected chi connectivity index (χ4v) is 1.13. The lowest BCUT2D eigenvalue weighted by Crippen LogP contribution is -1.99. The van der Waals surface area contributed by atoms with Crippen molar-refractivity contribution in [3.8, 4) is 11.5 Å². The summed E-state index contributed by atoms with van der Waals surface area (Å²) in [5.41, 5.74) is 7.14. The summed E-state index contributed by atoms with van der Waals surface area (Å²) in [7, 11) is 1.86. The van der Waals surface area contributed by atoms with E-state index in [-0.39, 0.29) is 0 Å². The van der Waals surface area contributed by atoms with Gasteiger partial charge in [-0.2, -0.15) is 5.10 Å². The molecule has 0 saturated heterocycles. The van der Waals surface area contributed by atoms with Gasteiger partial charge < -0.3 is 5.73 Å². The number of nitrogens with zero attached hydrogens (tertiary/aromatic N) is 4. The maximum atomic E-state index is 5.44. The van der Waals surface area contributed by atoms with E-state index >= 15 is 0 Å². The first-order chi connectivity index (χ1) is 6.79. The maximum Gasteiger partial charge on any atom is 0.180 e.